The molecule has 5 rings (SSSR count). The van der Waals surface area contributed by atoms with Crippen LogP contribution in [-0.4, -0.2) is 55.1 Å². The first-order valence-corrected chi connectivity index (χ1v) is 12.6. The smallest absolute Gasteiger partial charge is 0.276 e. The van der Waals surface area contributed by atoms with Crippen LogP contribution in [-0.2, 0) is 16.4 Å². The number of rotatable bonds is 5. The Kier molecular flexibility index (Phi) is 5.19. The van der Waals surface area contributed by atoms with Gasteiger partial charge in [0, 0.05) is 22.5 Å². The van der Waals surface area contributed by atoms with Gasteiger partial charge in [-0.25, -0.2) is 8.42 Å². The van der Waals surface area contributed by atoms with Crippen molar-refractivity contribution >= 4 is 27.1 Å². The molecule has 0 N–H and O–H groups in total. The minimum absolute atomic E-state index is 0.0308. The molecule has 1 amide bonds. The van der Waals surface area contributed by atoms with Crippen LogP contribution in [0.4, 0.5) is 0 Å². The number of fused-ring (bicyclic) bond motifs is 1. The Bertz CT molecular complexity index is 1200. The molecular weight excluding hydrogens is 440 g/mol. The number of benzene rings is 1. The third-order valence-corrected chi connectivity index (χ3v) is 7.98. The zero-order chi connectivity index (χ0) is 21.4. The number of nitrogens with zero attached hydrogens (tertiary/aromatic N) is 2. The van der Waals surface area contributed by atoms with Crippen LogP contribution in [0.5, 0.6) is 11.5 Å². The molecule has 4 heterocycles. The third kappa shape index (κ3) is 4.17. The van der Waals surface area contributed by atoms with E-state index in [-0.39, 0.29) is 29.1 Å². The quantitative estimate of drug-likeness (QED) is 0.577. The number of carbonyl (C=O) groups is 1. The average molecular weight is 461 g/mol. The monoisotopic (exact) mass is 460 g/mol. The number of sulfone groups is 1. The summed E-state index contributed by atoms with van der Waals surface area (Å²) in [5.74, 6) is 1.42. The molecule has 2 aromatic heterocycles. The maximum Gasteiger partial charge on any atom is 0.276 e. The Balaban J connectivity index is 1.41. The number of carbonyl (C=O) groups excluding carboxylic acids is 1. The van der Waals surface area contributed by atoms with Crippen LogP contribution in [0.25, 0.3) is 11.3 Å². The molecule has 8 nitrogen and oxygen atoms in total. The lowest BCUT2D eigenvalue weighted by atomic mass is 10.1. The SMILES string of the molecule is O=C(c1cc(-c2ccc3c(c2)OCCO3)on1)N(Cc1cccs1)[C@H]1CCS(=O)(=O)C1. The molecule has 162 valence electrons. The van der Waals surface area contributed by atoms with Gasteiger partial charge in [0.1, 0.15) is 13.2 Å². The summed E-state index contributed by atoms with van der Waals surface area (Å²) in [6.45, 7) is 1.31. The Morgan fingerprint density at radius 1 is 1.16 bits per heavy atom. The fraction of sp³-hybridized carbons (Fsp3) is 0.333. The summed E-state index contributed by atoms with van der Waals surface area (Å²) in [6, 6.07) is 10.4. The Morgan fingerprint density at radius 2 is 2.00 bits per heavy atom. The first-order chi connectivity index (χ1) is 15.0. The maximum atomic E-state index is 13.3. The maximum absolute atomic E-state index is 13.3. The first kappa shape index (κ1) is 20.1. The Hall–Kier alpha value is -2.85. The van der Waals surface area contributed by atoms with Gasteiger partial charge in [0.05, 0.1) is 18.1 Å². The number of hydrogen-bond donors (Lipinski definition) is 0. The van der Waals surface area contributed by atoms with Crippen LogP contribution >= 0.6 is 11.3 Å². The fourth-order valence-electron chi connectivity index (χ4n) is 3.81. The molecule has 1 fully saturated rings. The molecule has 10 heteroatoms. The van der Waals surface area contributed by atoms with E-state index in [0.29, 0.717) is 49.0 Å². The van der Waals surface area contributed by atoms with Crippen molar-refractivity contribution < 1.29 is 27.2 Å². The van der Waals surface area contributed by atoms with E-state index >= 15 is 0 Å². The number of amides is 1. The zero-order valence-electron chi connectivity index (χ0n) is 16.5. The molecular formula is C21H20N2O6S2. The van der Waals surface area contributed by atoms with E-state index in [0.717, 1.165) is 4.88 Å². The van der Waals surface area contributed by atoms with Crippen LogP contribution in [0.15, 0.2) is 46.3 Å². The predicted molar refractivity (Wildman–Crippen MR) is 114 cm³/mol. The molecule has 2 aliphatic heterocycles. The number of hydrogen-bond acceptors (Lipinski definition) is 8. The third-order valence-electron chi connectivity index (χ3n) is 5.37. The van der Waals surface area contributed by atoms with E-state index in [1.54, 1.807) is 23.1 Å². The van der Waals surface area contributed by atoms with Gasteiger partial charge in [-0.1, -0.05) is 11.2 Å². The molecule has 1 atom stereocenters. The molecule has 2 aliphatic rings. The van der Waals surface area contributed by atoms with Crippen molar-refractivity contribution in [3.8, 4) is 22.8 Å². The minimum Gasteiger partial charge on any atom is -0.486 e. The number of ether oxygens (including phenoxy) is 2. The Morgan fingerprint density at radius 3 is 2.74 bits per heavy atom. The molecule has 0 saturated carbocycles. The normalized spacial score (nSPS) is 19.3. The van der Waals surface area contributed by atoms with E-state index in [2.05, 4.69) is 5.16 Å². The van der Waals surface area contributed by atoms with E-state index in [9.17, 15) is 13.2 Å². The van der Waals surface area contributed by atoms with Gasteiger partial charge in [0.15, 0.2) is 32.8 Å². The van der Waals surface area contributed by atoms with Gasteiger partial charge in [-0.2, -0.15) is 0 Å². The summed E-state index contributed by atoms with van der Waals surface area (Å²) in [7, 11) is -3.14. The van der Waals surface area contributed by atoms with Crippen LogP contribution in [0.2, 0.25) is 0 Å². The van der Waals surface area contributed by atoms with Crippen LogP contribution in [0.3, 0.4) is 0 Å². The molecule has 31 heavy (non-hydrogen) atoms. The highest BCUT2D eigenvalue weighted by atomic mass is 32.2. The van der Waals surface area contributed by atoms with Gasteiger partial charge in [-0.3, -0.25) is 4.79 Å². The van der Waals surface area contributed by atoms with Crippen molar-refractivity contribution in [1.82, 2.24) is 10.1 Å². The second-order valence-electron chi connectivity index (χ2n) is 7.50. The minimum atomic E-state index is -3.14. The molecule has 3 aromatic rings. The van der Waals surface area contributed by atoms with Gasteiger partial charge >= 0.3 is 0 Å². The van der Waals surface area contributed by atoms with E-state index in [1.807, 2.05) is 23.6 Å². The average Bonchev–Trinajstić information content (AvgIpc) is 3.52. The van der Waals surface area contributed by atoms with Crippen molar-refractivity contribution in [3.63, 3.8) is 0 Å². The van der Waals surface area contributed by atoms with Crippen molar-refractivity contribution in [1.29, 1.82) is 0 Å². The molecule has 0 radical (unpaired) electrons. The molecule has 1 aromatic carbocycles. The van der Waals surface area contributed by atoms with Gasteiger partial charge in [0.25, 0.3) is 5.91 Å². The summed E-state index contributed by atoms with van der Waals surface area (Å²) in [5, 5.41) is 5.91. The lowest BCUT2D eigenvalue weighted by molar-refractivity contribution is 0.0672. The van der Waals surface area contributed by atoms with Crippen molar-refractivity contribution in [3.05, 3.63) is 52.3 Å². The van der Waals surface area contributed by atoms with Gasteiger partial charge < -0.3 is 18.9 Å². The highest BCUT2D eigenvalue weighted by molar-refractivity contribution is 7.91. The largest absolute Gasteiger partial charge is 0.486 e. The topological polar surface area (TPSA) is 98.9 Å². The van der Waals surface area contributed by atoms with Gasteiger partial charge in [-0.05, 0) is 36.1 Å². The molecule has 0 aliphatic carbocycles. The summed E-state index contributed by atoms with van der Waals surface area (Å²) in [5.41, 5.74) is 0.856. The summed E-state index contributed by atoms with van der Waals surface area (Å²) >= 11 is 1.52. The predicted octanol–water partition coefficient (Wildman–Crippen LogP) is 3.00. The summed E-state index contributed by atoms with van der Waals surface area (Å²) in [6.07, 6.45) is 0.423. The van der Waals surface area contributed by atoms with E-state index < -0.39 is 9.84 Å². The van der Waals surface area contributed by atoms with Crippen LogP contribution in [0, 0.1) is 0 Å². The second kappa shape index (κ2) is 8.01. The second-order valence-corrected chi connectivity index (χ2v) is 10.8. The Labute approximate surface area is 183 Å². The molecule has 0 bridgehead atoms. The van der Waals surface area contributed by atoms with E-state index in [1.165, 1.54) is 11.3 Å². The van der Waals surface area contributed by atoms with Gasteiger partial charge in [0.2, 0.25) is 0 Å². The summed E-state index contributed by atoms with van der Waals surface area (Å²) in [4.78, 5) is 15.9. The lowest BCUT2D eigenvalue weighted by Gasteiger charge is -2.26. The van der Waals surface area contributed by atoms with Crippen molar-refractivity contribution in [2.45, 2.75) is 19.0 Å². The van der Waals surface area contributed by atoms with Crippen molar-refractivity contribution in [2.24, 2.45) is 0 Å². The van der Waals surface area contributed by atoms with E-state index in [4.69, 9.17) is 14.0 Å². The highest BCUT2D eigenvalue weighted by Gasteiger charge is 2.36. The first-order valence-electron chi connectivity index (χ1n) is 9.89. The standard InChI is InChI=1S/C21H20N2O6S2/c24-21(23(12-16-2-1-8-30-16)15-5-9-31(25,26)13-15)17-11-19(29-22-17)14-3-4-18-20(10-14)28-7-6-27-18/h1-4,8,10-11,15H,5-7,9,12-13H2/t15-/m0/s1. The zero-order valence-corrected chi connectivity index (χ0v) is 18.2. The molecule has 0 spiro atoms. The number of thiophene rings is 1. The number of aromatic nitrogens is 1. The molecule has 0 unspecified atom stereocenters. The van der Waals surface area contributed by atoms with Crippen molar-refractivity contribution in [2.75, 3.05) is 24.7 Å². The highest BCUT2D eigenvalue weighted by Crippen LogP contribution is 2.35. The van der Waals surface area contributed by atoms with Crippen LogP contribution < -0.4 is 9.47 Å². The molecule has 1 saturated heterocycles. The van der Waals surface area contributed by atoms with Gasteiger partial charge in [-0.15, -0.1) is 11.3 Å². The fourth-order valence-corrected chi connectivity index (χ4v) is 6.25. The summed E-state index contributed by atoms with van der Waals surface area (Å²) < 4.78 is 40.6. The lowest BCUT2D eigenvalue weighted by Crippen LogP contribution is -2.40. The van der Waals surface area contributed by atoms with Crippen LogP contribution in [0.1, 0.15) is 21.8 Å².